The van der Waals surface area contributed by atoms with Gasteiger partial charge in [-0.15, -0.1) is 0 Å². The summed E-state index contributed by atoms with van der Waals surface area (Å²) < 4.78 is 20.6. The molecule has 2 atom stereocenters. The van der Waals surface area contributed by atoms with Gasteiger partial charge in [0, 0.05) is 36.6 Å². The van der Waals surface area contributed by atoms with E-state index >= 15 is 0 Å². The first-order valence-electron chi connectivity index (χ1n) is 12.3. The Morgan fingerprint density at radius 1 is 1.06 bits per heavy atom. The first kappa shape index (κ1) is 22.8. The van der Waals surface area contributed by atoms with Gasteiger partial charge in [-0.2, -0.15) is 10.2 Å². The number of benzene rings is 1. The lowest BCUT2D eigenvalue weighted by Gasteiger charge is -2.32. The molecule has 1 aliphatic carbocycles. The molecular weight excluding hydrogens is 429 g/mol. The molecule has 178 valence electrons. The zero-order valence-electron chi connectivity index (χ0n) is 20.0. The molecule has 5 rings (SSSR count). The van der Waals surface area contributed by atoms with Crippen molar-refractivity contribution in [1.82, 2.24) is 20.2 Å². The van der Waals surface area contributed by atoms with Crippen molar-refractivity contribution in [3.63, 3.8) is 0 Å². The molecule has 0 spiro atoms. The van der Waals surface area contributed by atoms with Crippen LogP contribution in [0.3, 0.4) is 0 Å². The Morgan fingerprint density at radius 3 is 2.56 bits per heavy atom. The molecule has 1 aliphatic heterocycles. The van der Waals surface area contributed by atoms with Crippen LogP contribution in [0.4, 0.5) is 10.3 Å². The van der Waals surface area contributed by atoms with Crippen LogP contribution in [0.2, 0.25) is 0 Å². The molecule has 0 N–H and O–H groups in total. The van der Waals surface area contributed by atoms with Gasteiger partial charge in [0.05, 0.1) is 25.1 Å². The number of aromatic nitrogens is 4. The lowest BCUT2D eigenvalue weighted by molar-refractivity contribution is 0.104. The second-order valence-corrected chi connectivity index (χ2v) is 9.64. The summed E-state index contributed by atoms with van der Waals surface area (Å²) in [5, 5.41) is 7.86. The average molecular weight is 462 g/mol. The minimum atomic E-state index is -0.252. The maximum absolute atomic E-state index is 14.6. The van der Waals surface area contributed by atoms with Gasteiger partial charge in [0.2, 0.25) is 5.95 Å². The molecule has 2 aliphatic rings. The van der Waals surface area contributed by atoms with Gasteiger partial charge in [0.15, 0.2) is 0 Å². The largest absolute Gasteiger partial charge is 0.376 e. The fourth-order valence-electron chi connectivity index (χ4n) is 5.09. The Labute approximate surface area is 200 Å². The van der Waals surface area contributed by atoms with Crippen molar-refractivity contribution in [3.05, 3.63) is 65.5 Å². The number of hydrogen-bond donors (Lipinski definition) is 0. The molecule has 1 saturated heterocycles. The molecule has 2 aromatic heterocycles. The van der Waals surface area contributed by atoms with Gasteiger partial charge in [0.1, 0.15) is 5.82 Å². The van der Waals surface area contributed by atoms with Crippen LogP contribution in [-0.4, -0.2) is 39.9 Å². The van der Waals surface area contributed by atoms with Crippen LogP contribution in [0.15, 0.2) is 42.9 Å². The Bertz CT molecular complexity index is 1110. The van der Waals surface area contributed by atoms with E-state index in [4.69, 9.17) is 4.74 Å². The molecule has 0 amide bonds. The zero-order chi connectivity index (χ0) is 23.5. The van der Waals surface area contributed by atoms with E-state index in [-0.39, 0.29) is 5.82 Å². The molecule has 0 radical (unpaired) electrons. The molecule has 7 heteroatoms. The Kier molecular flexibility index (Phi) is 6.81. The molecule has 34 heavy (non-hydrogen) atoms. The lowest BCUT2D eigenvalue weighted by atomic mass is 9.91. The molecule has 1 saturated carbocycles. The molecule has 3 heterocycles. The number of hydrogen-bond acceptors (Lipinski definition) is 6. The SMILES string of the molecule is CCc1cnc(N2CCC([C@H]3C[C@H]3COCc3ccc(-c4cnnc(C)c4)c(F)c3)CC2)nc1. The number of rotatable bonds is 8. The fraction of sp³-hybridized carbons (Fsp3) is 0.481. The summed E-state index contributed by atoms with van der Waals surface area (Å²) in [5.74, 6) is 2.76. The summed E-state index contributed by atoms with van der Waals surface area (Å²) in [5.41, 5.74) is 4.10. The van der Waals surface area contributed by atoms with E-state index in [9.17, 15) is 4.39 Å². The smallest absolute Gasteiger partial charge is 0.225 e. The predicted molar refractivity (Wildman–Crippen MR) is 130 cm³/mol. The first-order valence-corrected chi connectivity index (χ1v) is 12.3. The highest BCUT2D eigenvalue weighted by molar-refractivity contribution is 5.63. The van der Waals surface area contributed by atoms with Crippen LogP contribution in [-0.2, 0) is 17.8 Å². The third-order valence-corrected chi connectivity index (χ3v) is 7.23. The summed E-state index contributed by atoms with van der Waals surface area (Å²) in [6, 6.07) is 7.15. The van der Waals surface area contributed by atoms with Crippen LogP contribution in [0.5, 0.6) is 0 Å². The van der Waals surface area contributed by atoms with Crippen molar-refractivity contribution >= 4 is 5.95 Å². The quantitative estimate of drug-likeness (QED) is 0.470. The highest BCUT2D eigenvalue weighted by Gasteiger charge is 2.43. The minimum Gasteiger partial charge on any atom is -0.376 e. The highest BCUT2D eigenvalue weighted by Crippen LogP contribution is 2.48. The highest BCUT2D eigenvalue weighted by atomic mass is 19.1. The van der Waals surface area contributed by atoms with Crippen LogP contribution in [0.1, 0.15) is 43.0 Å². The van der Waals surface area contributed by atoms with Crippen molar-refractivity contribution in [1.29, 1.82) is 0 Å². The number of ether oxygens (including phenoxy) is 1. The molecule has 0 unspecified atom stereocenters. The second-order valence-electron chi connectivity index (χ2n) is 9.64. The van der Waals surface area contributed by atoms with Crippen molar-refractivity contribution < 1.29 is 9.13 Å². The second kappa shape index (κ2) is 10.1. The maximum Gasteiger partial charge on any atom is 0.225 e. The standard InChI is InChI=1S/C27H32FN5O/c1-3-19-13-29-27(30-14-19)33-8-6-21(7-9-33)25-12-23(25)17-34-16-20-4-5-24(26(28)11-20)22-10-18(2)32-31-15-22/h4-5,10-11,13-15,21,23,25H,3,6-9,12,16-17H2,1-2H3/t23-,25+/m0/s1. The minimum absolute atomic E-state index is 0.252. The summed E-state index contributed by atoms with van der Waals surface area (Å²) in [4.78, 5) is 11.4. The van der Waals surface area contributed by atoms with E-state index in [1.807, 2.05) is 31.5 Å². The zero-order valence-corrected chi connectivity index (χ0v) is 20.0. The van der Waals surface area contributed by atoms with Gasteiger partial charge in [-0.25, -0.2) is 14.4 Å². The summed E-state index contributed by atoms with van der Waals surface area (Å²) in [6.07, 6.45) is 10.1. The van der Waals surface area contributed by atoms with Crippen molar-refractivity contribution in [2.24, 2.45) is 17.8 Å². The molecule has 6 nitrogen and oxygen atoms in total. The molecule has 1 aromatic carbocycles. The van der Waals surface area contributed by atoms with Crippen LogP contribution < -0.4 is 4.90 Å². The Balaban J connectivity index is 1.06. The summed E-state index contributed by atoms with van der Waals surface area (Å²) >= 11 is 0. The third kappa shape index (κ3) is 5.25. The number of nitrogens with zero attached hydrogens (tertiary/aromatic N) is 5. The Morgan fingerprint density at radius 2 is 1.85 bits per heavy atom. The normalized spacial score (nSPS) is 20.5. The van der Waals surface area contributed by atoms with Crippen molar-refractivity contribution in [2.75, 3.05) is 24.6 Å². The maximum atomic E-state index is 14.6. The van der Waals surface area contributed by atoms with E-state index in [0.717, 1.165) is 60.7 Å². The monoisotopic (exact) mass is 461 g/mol. The van der Waals surface area contributed by atoms with E-state index in [0.29, 0.717) is 18.1 Å². The topological polar surface area (TPSA) is 64.0 Å². The number of anilines is 1. The third-order valence-electron chi connectivity index (χ3n) is 7.23. The molecule has 2 fully saturated rings. The number of piperidine rings is 1. The average Bonchev–Trinajstić information content (AvgIpc) is 3.64. The van der Waals surface area contributed by atoms with Crippen LogP contribution in [0.25, 0.3) is 11.1 Å². The summed E-state index contributed by atoms with van der Waals surface area (Å²) in [6.45, 7) is 7.22. The first-order chi connectivity index (χ1) is 16.6. The van der Waals surface area contributed by atoms with E-state index in [1.165, 1.54) is 24.8 Å². The fourth-order valence-corrected chi connectivity index (χ4v) is 5.09. The number of aryl methyl sites for hydroxylation is 2. The van der Waals surface area contributed by atoms with Gasteiger partial charge < -0.3 is 9.64 Å². The van der Waals surface area contributed by atoms with Gasteiger partial charge in [-0.3, -0.25) is 0 Å². The molecule has 3 aromatic rings. The van der Waals surface area contributed by atoms with Gasteiger partial charge in [0.25, 0.3) is 0 Å². The van der Waals surface area contributed by atoms with Crippen LogP contribution in [0, 0.1) is 30.5 Å². The van der Waals surface area contributed by atoms with Gasteiger partial charge in [-0.1, -0.05) is 19.1 Å². The van der Waals surface area contributed by atoms with E-state index in [1.54, 1.807) is 18.3 Å². The predicted octanol–water partition coefficient (Wildman–Crippen LogP) is 5.01. The van der Waals surface area contributed by atoms with Crippen molar-refractivity contribution in [3.8, 4) is 11.1 Å². The van der Waals surface area contributed by atoms with Gasteiger partial charge in [-0.05, 0) is 73.6 Å². The molecule has 0 bridgehead atoms. The lowest BCUT2D eigenvalue weighted by Crippen LogP contribution is -2.35. The van der Waals surface area contributed by atoms with E-state index in [2.05, 4.69) is 32.0 Å². The molecular formula is C27H32FN5O. The number of halogens is 1. The van der Waals surface area contributed by atoms with Crippen molar-refractivity contribution in [2.45, 2.75) is 46.1 Å². The van der Waals surface area contributed by atoms with E-state index < -0.39 is 0 Å². The summed E-state index contributed by atoms with van der Waals surface area (Å²) in [7, 11) is 0. The Hall–Kier alpha value is -2.93. The van der Waals surface area contributed by atoms with Gasteiger partial charge >= 0.3 is 0 Å². The van der Waals surface area contributed by atoms with Crippen LogP contribution >= 0.6 is 0 Å².